The van der Waals surface area contributed by atoms with Gasteiger partial charge in [0.2, 0.25) is 0 Å². The molecule has 0 atom stereocenters. The first kappa shape index (κ1) is 8.61. The van der Waals surface area contributed by atoms with E-state index in [9.17, 15) is 23.1 Å². The van der Waals surface area contributed by atoms with Gasteiger partial charge >= 0.3 is 5.51 Å². The van der Waals surface area contributed by atoms with E-state index in [0.717, 1.165) is 0 Å². The molecule has 0 aliphatic rings. The van der Waals surface area contributed by atoms with Crippen molar-refractivity contribution in [2.24, 2.45) is 0 Å². The first-order valence-electron chi connectivity index (χ1n) is 1.82. The topological polar surface area (TPSA) is 40.1 Å². The molecule has 0 aromatic heterocycles. The average molecular weight is 159 g/mol. The van der Waals surface area contributed by atoms with Crippen LogP contribution < -0.4 is 5.11 Å². The number of thioether (sulfide) groups is 1. The Kier molecular flexibility index (Phi) is 2.83. The van der Waals surface area contributed by atoms with Crippen LogP contribution in [0.5, 0.6) is 0 Å². The summed E-state index contributed by atoms with van der Waals surface area (Å²) in [7, 11) is 0. The smallest absolute Gasteiger partial charge is 0.442 e. The highest BCUT2D eigenvalue weighted by Crippen LogP contribution is 2.29. The van der Waals surface area contributed by atoms with E-state index in [-0.39, 0.29) is 0 Å². The van der Waals surface area contributed by atoms with Gasteiger partial charge in [0.15, 0.2) is 0 Å². The fraction of sp³-hybridized carbons (Fsp3) is 0.667. The summed E-state index contributed by atoms with van der Waals surface area (Å²) in [5.74, 6) is -2.75. The molecule has 6 heteroatoms. The Balaban J connectivity index is 3.39. The number of hydrogen-bond donors (Lipinski definition) is 0. The minimum Gasteiger partial charge on any atom is -0.549 e. The van der Waals surface area contributed by atoms with Crippen LogP contribution in [0.15, 0.2) is 0 Å². The standard InChI is InChI=1S/C3H3F3O2S/c4-3(5,6)9-1-2(7)8/h1H2,(H,7,8)/p-1. The summed E-state index contributed by atoms with van der Waals surface area (Å²) in [4.78, 5) is 9.41. The number of rotatable bonds is 2. The summed E-state index contributed by atoms with van der Waals surface area (Å²) < 4.78 is 33.3. The Morgan fingerprint density at radius 2 is 2.00 bits per heavy atom. The molecule has 0 amide bonds. The number of carbonyl (C=O) groups is 1. The monoisotopic (exact) mass is 159 g/mol. The van der Waals surface area contributed by atoms with Gasteiger partial charge in [0.25, 0.3) is 0 Å². The lowest BCUT2D eigenvalue weighted by Crippen LogP contribution is -2.25. The predicted octanol–water partition coefficient (Wildman–Crippen LogP) is -0.0107. The Morgan fingerprint density at radius 1 is 1.56 bits per heavy atom. The molecule has 0 aliphatic heterocycles. The van der Waals surface area contributed by atoms with Gasteiger partial charge in [-0.1, -0.05) is 0 Å². The summed E-state index contributed by atoms with van der Waals surface area (Å²) >= 11 is -0.620. The Bertz CT molecular complexity index is 110. The normalized spacial score (nSPS) is 11.4. The molecule has 0 spiro atoms. The van der Waals surface area contributed by atoms with E-state index in [2.05, 4.69) is 0 Å². The van der Waals surface area contributed by atoms with Crippen LogP contribution in [-0.2, 0) is 4.79 Å². The fourth-order valence-electron chi connectivity index (χ4n) is 0.141. The van der Waals surface area contributed by atoms with Crippen molar-refractivity contribution in [3.05, 3.63) is 0 Å². The average Bonchev–Trinajstić information content (AvgIpc) is 1.59. The predicted molar refractivity (Wildman–Crippen MR) is 23.5 cm³/mol. The molecule has 0 unspecified atom stereocenters. The fourth-order valence-corrected chi connectivity index (χ4v) is 0.422. The summed E-state index contributed by atoms with van der Waals surface area (Å²) in [6, 6.07) is 0. The maximum Gasteiger partial charge on any atom is 0.442 e. The van der Waals surface area contributed by atoms with Crippen LogP contribution in [0.3, 0.4) is 0 Å². The zero-order chi connectivity index (χ0) is 7.49. The van der Waals surface area contributed by atoms with E-state index >= 15 is 0 Å². The highest BCUT2D eigenvalue weighted by molar-refractivity contribution is 8.00. The molecule has 0 fully saturated rings. The molecule has 0 aromatic rings. The van der Waals surface area contributed by atoms with Gasteiger partial charge in [0.05, 0.1) is 5.97 Å². The second kappa shape index (κ2) is 2.95. The summed E-state index contributed by atoms with van der Waals surface area (Å²) in [5, 5.41) is 9.41. The van der Waals surface area contributed by atoms with Crippen molar-refractivity contribution in [1.82, 2.24) is 0 Å². The molecule has 0 N–H and O–H groups in total. The SMILES string of the molecule is O=C([O-])CSC(F)(F)F. The van der Waals surface area contributed by atoms with Gasteiger partial charge in [-0.2, -0.15) is 13.2 Å². The van der Waals surface area contributed by atoms with Crippen LogP contribution in [0.25, 0.3) is 0 Å². The lowest BCUT2D eigenvalue weighted by atomic mass is 10.8. The first-order valence-corrected chi connectivity index (χ1v) is 2.81. The van der Waals surface area contributed by atoms with E-state index in [1.54, 1.807) is 0 Å². The van der Waals surface area contributed by atoms with E-state index in [0.29, 0.717) is 0 Å². The highest BCUT2D eigenvalue weighted by Gasteiger charge is 2.27. The van der Waals surface area contributed by atoms with Crippen molar-refractivity contribution >= 4 is 17.7 Å². The van der Waals surface area contributed by atoms with Crippen molar-refractivity contribution < 1.29 is 23.1 Å². The van der Waals surface area contributed by atoms with Gasteiger partial charge in [-0.05, 0) is 11.8 Å². The molecule has 0 saturated carbocycles. The van der Waals surface area contributed by atoms with Crippen LogP contribution in [-0.4, -0.2) is 17.2 Å². The van der Waals surface area contributed by atoms with E-state index in [1.807, 2.05) is 0 Å². The Hall–Kier alpha value is -0.390. The highest BCUT2D eigenvalue weighted by atomic mass is 32.2. The number of carboxylic acid groups (broad SMARTS) is 1. The second-order valence-corrected chi connectivity index (χ2v) is 2.15. The maximum absolute atomic E-state index is 11.1. The molecule has 0 radical (unpaired) electrons. The van der Waals surface area contributed by atoms with Crippen molar-refractivity contribution in [2.75, 3.05) is 5.75 Å². The molecule has 0 aromatic carbocycles. The van der Waals surface area contributed by atoms with Crippen LogP contribution in [0.4, 0.5) is 13.2 Å². The molecule has 54 valence electrons. The molecule has 9 heavy (non-hydrogen) atoms. The van der Waals surface area contributed by atoms with Gasteiger partial charge in [0, 0.05) is 5.75 Å². The molecule has 0 bridgehead atoms. The Labute approximate surface area is 53.0 Å². The number of aliphatic carboxylic acids is 1. The molecule has 0 rings (SSSR count). The number of carbonyl (C=O) groups excluding carboxylic acids is 1. The largest absolute Gasteiger partial charge is 0.549 e. The van der Waals surface area contributed by atoms with E-state index in [1.165, 1.54) is 0 Å². The van der Waals surface area contributed by atoms with Crippen LogP contribution in [0.2, 0.25) is 0 Å². The van der Waals surface area contributed by atoms with Gasteiger partial charge in [-0.15, -0.1) is 0 Å². The van der Waals surface area contributed by atoms with Gasteiger partial charge in [-0.3, -0.25) is 0 Å². The molecule has 0 heterocycles. The Morgan fingerprint density at radius 3 is 2.11 bits per heavy atom. The summed E-state index contributed by atoms with van der Waals surface area (Å²) in [5.41, 5.74) is -4.47. The second-order valence-electron chi connectivity index (χ2n) is 1.11. The summed E-state index contributed by atoms with van der Waals surface area (Å²) in [6.07, 6.45) is 0. The maximum atomic E-state index is 11.1. The zero-order valence-electron chi connectivity index (χ0n) is 4.07. The molecular formula is C3H2F3O2S-. The minimum atomic E-state index is -4.47. The lowest BCUT2D eigenvalue weighted by Gasteiger charge is -2.04. The molecular weight excluding hydrogens is 157 g/mol. The third-order valence-electron chi connectivity index (χ3n) is 0.354. The van der Waals surface area contributed by atoms with E-state index < -0.39 is 29.0 Å². The molecule has 0 saturated heterocycles. The first-order chi connectivity index (χ1) is 3.92. The number of halogens is 3. The molecule has 0 aliphatic carbocycles. The minimum absolute atomic E-state index is 0.620. The van der Waals surface area contributed by atoms with Crippen molar-refractivity contribution in [2.45, 2.75) is 5.51 Å². The van der Waals surface area contributed by atoms with Crippen LogP contribution in [0.1, 0.15) is 0 Å². The third kappa shape index (κ3) is 7.61. The number of alkyl halides is 3. The van der Waals surface area contributed by atoms with Crippen LogP contribution >= 0.6 is 11.8 Å². The summed E-state index contributed by atoms with van der Waals surface area (Å²) in [6.45, 7) is 0. The lowest BCUT2D eigenvalue weighted by molar-refractivity contribution is -0.301. The third-order valence-corrected chi connectivity index (χ3v) is 1.06. The molecule has 2 nitrogen and oxygen atoms in total. The van der Waals surface area contributed by atoms with Crippen molar-refractivity contribution in [3.63, 3.8) is 0 Å². The quantitative estimate of drug-likeness (QED) is 0.568. The van der Waals surface area contributed by atoms with Gasteiger partial charge < -0.3 is 9.90 Å². The number of carboxylic acids is 1. The van der Waals surface area contributed by atoms with E-state index in [4.69, 9.17) is 0 Å². The number of hydrogen-bond acceptors (Lipinski definition) is 3. The van der Waals surface area contributed by atoms with Crippen molar-refractivity contribution in [3.8, 4) is 0 Å². The zero-order valence-corrected chi connectivity index (χ0v) is 4.88. The van der Waals surface area contributed by atoms with Crippen molar-refractivity contribution in [1.29, 1.82) is 0 Å². The van der Waals surface area contributed by atoms with Crippen LogP contribution in [0, 0.1) is 0 Å². The van der Waals surface area contributed by atoms with Gasteiger partial charge in [0.1, 0.15) is 0 Å². The van der Waals surface area contributed by atoms with Gasteiger partial charge in [-0.25, -0.2) is 0 Å².